The number of hydrogen-bond acceptors (Lipinski definition) is 5. The number of nitrogens with two attached hydrogens (primary N) is 1. The lowest BCUT2D eigenvalue weighted by atomic mass is 9.92. The first kappa shape index (κ1) is 23.1. The van der Waals surface area contributed by atoms with E-state index in [-0.39, 0.29) is 6.61 Å². The lowest BCUT2D eigenvalue weighted by Crippen LogP contribution is -2.57. The zero-order valence-electron chi connectivity index (χ0n) is 18.0. The quantitative estimate of drug-likeness (QED) is 0.517. The maximum atomic E-state index is 9.72. The molecular formula is C23H39NO4. The van der Waals surface area contributed by atoms with E-state index in [1.54, 1.807) is 0 Å². The van der Waals surface area contributed by atoms with Crippen molar-refractivity contribution in [2.24, 2.45) is 5.73 Å². The summed E-state index contributed by atoms with van der Waals surface area (Å²) in [6, 6.07) is 6.06. The minimum atomic E-state index is -0.554. The number of aliphatic hydroxyl groups is 1. The van der Waals surface area contributed by atoms with Crippen LogP contribution in [0.3, 0.4) is 0 Å². The highest BCUT2D eigenvalue weighted by Gasteiger charge is 2.36. The van der Waals surface area contributed by atoms with Crippen LogP contribution in [0.4, 0.5) is 0 Å². The van der Waals surface area contributed by atoms with E-state index in [1.165, 1.54) is 32.1 Å². The molecule has 0 radical (unpaired) electrons. The van der Waals surface area contributed by atoms with Crippen molar-refractivity contribution in [3.05, 3.63) is 29.3 Å². The Morgan fingerprint density at radius 3 is 2.43 bits per heavy atom. The van der Waals surface area contributed by atoms with E-state index in [0.717, 1.165) is 36.1 Å². The highest BCUT2D eigenvalue weighted by Crippen LogP contribution is 2.27. The number of hydrogen-bond donors (Lipinski definition) is 2. The van der Waals surface area contributed by atoms with Crippen LogP contribution < -0.4 is 10.5 Å². The Morgan fingerprint density at radius 2 is 1.75 bits per heavy atom. The summed E-state index contributed by atoms with van der Waals surface area (Å²) in [6.45, 7) is 7.71. The summed E-state index contributed by atoms with van der Waals surface area (Å²) >= 11 is 0. The number of rotatable bonds is 12. The van der Waals surface area contributed by atoms with Crippen molar-refractivity contribution in [1.82, 2.24) is 0 Å². The van der Waals surface area contributed by atoms with Crippen LogP contribution in [0.15, 0.2) is 18.2 Å². The molecule has 1 aliphatic heterocycles. The molecule has 2 rings (SSSR count). The number of aliphatic hydroxyl groups excluding tert-OH is 1. The van der Waals surface area contributed by atoms with Crippen molar-refractivity contribution in [2.75, 3.05) is 19.8 Å². The van der Waals surface area contributed by atoms with E-state index in [9.17, 15) is 5.11 Å². The Labute approximate surface area is 170 Å². The van der Waals surface area contributed by atoms with Gasteiger partial charge in [-0.2, -0.15) is 0 Å². The molecule has 0 atom stereocenters. The van der Waals surface area contributed by atoms with Gasteiger partial charge in [-0.3, -0.25) is 0 Å². The van der Waals surface area contributed by atoms with E-state index in [0.29, 0.717) is 19.8 Å². The topological polar surface area (TPSA) is 73.9 Å². The van der Waals surface area contributed by atoms with E-state index in [2.05, 4.69) is 13.0 Å². The molecule has 5 nitrogen and oxygen atoms in total. The summed E-state index contributed by atoms with van der Waals surface area (Å²) < 4.78 is 17.3. The predicted octanol–water partition coefficient (Wildman–Crippen LogP) is 4.33. The second-order valence-corrected chi connectivity index (χ2v) is 8.56. The highest BCUT2D eigenvalue weighted by molar-refractivity contribution is 5.37. The fourth-order valence-corrected chi connectivity index (χ4v) is 3.37. The molecule has 1 aliphatic rings. The van der Waals surface area contributed by atoms with Crippen LogP contribution >= 0.6 is 0 Å². The van der Waals surface area contributed by atoms with Gasteiger partial charge in [-0.15, -0.1) is 0 Å². The lowest BCUT2D eigenvalue weighted by Gasteiger charge is -2.41. The summed E-state index contributed by atoms with van der Waals surface area (Å²) in [6.07, 6.45) is 9.01. The number of unbranched alkanes of at least 4 members (excludes halogenated alkanes) is 5. The fraction of sp³-hybridized carbons (Fsp3) is 0.739. The van der Waals surface area contributed by atoms with Crippen molar-refractivity contribution >= 4 is 0 Å². The first-order valence-corrected chi connectivity index (χ1v) is 10.8. The fourth-order valence-electron chi connectivity index (χ4n) is 3.37. The minimum absolute atomic E-state index is 0.0200. The average molecular weight is 394 g/mol. The largest absolute Gasteiger partial charge is 0.493 e. The van der Waals surface area contributed by atoms with Crippen molar-refractivity contribution in [3.8, 4) is 5.75 Å². The number of aryl methyl sites for hydroxylation is 1. The molecule has 1 fully saturated rings. The first-order chi connectivity index (χ1) is 13.4. The molecule has 3 N–H and O–H groups in total. The van der Waals surface area contributed by atoms with Crippen LogP contribution in [-0.4, -0.2) is 36.3 Å². The van der Waals surface area contributed by atoms with Crippen LogP contribution in [-0.2, 0) is 22.5 Å². The molecule has 0 aliphatic carbocycles. The smallest absolute Gasteiger partial charge is 0.162 e. The third-order valence-corrected chi connectivity index (χ3v) is 5.38. The molecule has 5 heteroatoms. The Kier molecular flexibility index (Phi) is 9.22. The molecule has 1 saturated heterocycles. The minimum Gasteiger partial charge on any atom is -0.493 e. The molecule has 1 aromatic carbocycles. The van der Waals surface area contributed by atoms with Crippen molar-refractivity contribution < 1.29 is 19.3 Å². The summed E-state index contributed by atoms with van der Waals surface area (Å²) in [5, 5.41) is 9.72. The Hall–Kier alpha value is -1.14. The van der Waals surface area contributed by atoms with Gasteiger partial charge in [-0.05, 0) is 50.8 Å². The van der Waals surface area contributed by atoms with Gasteiger partial charge in [0.1, 0.15) is 5.75 Å². The highest BCUT2D eigenvalue weighted by atomic mass is 16.7. The molecule has 0 amide bonds. The molecule has 28 heavy (non-hydrogen) atoms. The normalized spacial score (nSPS) is 18.2. The van der Waals surface area contributed by atoms with Crippen LogP contribution in [0, 0.1) is 0 Å². The summed E-state index contributed by atoms with van der Waals surface area (Å²) in [5.41, 5.74) is 7.94. The standard InChI is InChI=1S/C23H39NO4/c1-4-5-6-7-8-9-14-26-21-11-10-19(15-20(21)16-25)12-13-23(24)17-27-22(2,3)28-18-23/h10-11,15,25H,4-9,12-14,16-18,24H2,1-3H3. The van der Waals surface area contributed by atoms with E-state index >= 15 is 0 Å². The second-order valence-electron chi connectivity index (χ2n) is 8.56. The summed E-state index contributed by atoms with van der Waals surface area (Å²) in [5.74, 6) is 0.232. The van der Waals surface area contributed by atoms with Gasteiger partial charge in [-0.1, -0.05) is 45.1 Å². The third kappa shape index (κ3) is 7.70. The molecule has 1 aromatic rings. The molecule has 0 bridgehead atoms. The van der Waals surface area contributed by atoms with Gasteiger partial charge in [0.05, 0.1) is 32.0 Å². The SMILES string of the molecule is CCCCCCCCOc1ccc(CCC2(N)COC(C)(C)OC2)cc1CO. The predicted molar refractivity (Wildman–Crippen MR) is 112 cm³/mol. The van der Waals surface area contributed by atoms with Crippen LogP contribution in [0.2, 0.25) is 0 Å². The molecule has 0 unspecified atom stereocenters. The van der Waals surface area contributed by atoms with Gasteiger partial charge in [-0.25, -0.2) is 0 Å². The monoisotopic (exact) mass is 393 g/mol. The maximum Gasteiger partial charge on any atom is 0.162 e. The maximum absolute atomic E-state index is 9.72. The zero-order chi connectivity index (χ0) is 20.5. The van der Waals surface area contributed by atoms with Crippen LogP contribution in [0.1, 0.15) is 76.8 Å². The first-order valence-electron chi connectivity index (χ1n) is 10.8. The second kappa shape index (κ2) is 11.1. The van der Waals surface area contributed by atoms with E-state index < -0.39 is 11.3 Å². The third-order valence-electron chi connectivity index (χ3n) is 5.38. The Bertz CT molecular complexity index is 578. The Balaban J connectivity index is 1.79. The van der Waals surface area contributed by atoms with Gasteiger partial charge in [0, 0.05) is 5.56 Å². The molecular weight excluding hydrogens is 354 g/mol. The van der Waals surface area contributed by atoms with Crippen molar-refractivity contribution in [1.29, 1.82) is 0 Å². The van der Waals surface area contributed by atoms with Gasteiger partial charge in [0.15, 0.2) is 5.79 Å². The Morgan fingerprint density at radius 1 is 1.07 bits per heavy atom. The van der Waals surface area contributed by atoms with E-state index in [1.807, 2.05) is 26.0 Å². The van der Waals surface area contributed by atoms with Gasteiger partial charge >= 0.3 is 0 Å². The molecule has 1 heterocycles. The van der Waals surface area contributed by atoms with Gasteiger partial charge < -0.3 is 25.1 Å². The molecule has 0 saturated carbocycles. The number of ether oxygens (including phenoxy) is 3. The molecule has 0 aromatic heterocycles. The van der Waals surface area contributed by atoms with Gasteiger partial charge in [0.2, 0.25) is 0 Å². The molecule has 0 spiro atoms. The van der Waals surface area contributed by atoms with Crippen molar-refractivity contribution in [2.45, 2.75) is 90.1 Å². The zero-order valence-corrected chi connectivity index (χ0v) is 18.0. The van der Waals surface area contributed by atoms with E-state index in [4.69, 9.17) is 19.9 Å². The van der Waals surface area contributed by atoms with Crippen LogP contribution in [0.5, 0.6) is 5.75 Å². The summed E-state index contributed by atoms with van der Waals surface area (Å²) in [7, 11) is 0. The van der Waals surface area contributed by atoms with Crippen LogP contribution in [0.25, 0.3) is 0 Å². The summed E-state index contributed by atoms with van der Waals surface area (Å²) in [4.78, 5) is 0. The van der Waals surface area contributed by atoms with Gasteiger partial charge in [0.25, 0.3) is 0 Å². The average Bonchev–Trinajstić information content (AvgIpc) is 2.69. The lowest BCUT2D eigenvalue weighted by molar-refractivity contribution is -0.267. The van der Waals surface area contributed by atoms with Crippen molar-refractivity contribution in [3.63, 3.8) is 0 Å². The number of benzene rings is 1. The molecule has 160 valence electrons.